The zero-order valence-corrected chi connectivity index (χ0v) is 12.4. The normalized spacial score (nSPS) is 21.5. The van der Waals surface area contributed by atoms with Gasteiger partial charge in [0, 0.05) is 22.9 Å². The molecule has 1 saturated heterocycles. The van der Waals surface area contributed by atoms with Crippen LogP contribution in [0, 0.1) is 0 Å². The number of anilines is 1. The van der Waals surface area contributed by atoms with Gasteiger partial charge >= 0.3 is 5.97 Å². The predicted octanol–water partition coefficient (Wildman–Crippen LogP) is 1.35. The molecule has 2 rings (SSSR count). The predicted molar refractivity (Wildman–Crippen MR) is 80.5 cm³/mol. The summed E-state index contributed by atoms with van der Waals surface area (Å²) in [6.07, 6.45) is -0.0185. The Labute approximate surface area is 130 Å². The first-order valence-electron chi connectivity index (χ1n) is 6.16. The summed E-state index contributed by atoms with van der Waals surface area (Å²) in [6.45, 7) is 0. The molecule has 6 nitrogen and oxygen atoms in total. The molecule has 1 aliphatic heterocycles. The van der Waals surface area contributed by atoms with E-state index in [2.05, 4.69) is 10.6 Å². The van der Waals surface area contributed by atoms with E-state index in [1.807, 2.05) is 0 Å². The molecule has 2 amide bonds. The average molecular weight is 329 g/mol. The molecular weight excluding hydrogens is 316 g/mol. The molecule has 1 aliphatic rings. The molecule has 0 bridgehead atoms. The van der Waals surface area contributed by atoms with Gasteiger partial charge in [0.15, 0.2) is 0 Å². The highest BCUT2D eigenvalue weighted by molar-refractivity contribution is 8.00. The maximum Gasteiger partial charge on any atom is 0.327 e. The molecule has 21 heavy (non-hydrogen) atoms. The van der Waals surface area contributed by atoms with Crippen molar-refractivity contribution in [2.75, 3.05) is 11.1 Å². The van der Waals surface area contributed by atoms with E-state index in [1.54, 1.807) is 24.3 Å². The van der Waals surface area contributed by atoms with E-state index in [0.717, 1.165) is 0 Å². The highest BCUT2D eigenvalue weighted by atomic mass is 35.5. The summed E-state index contributed by atoms with van der Waals surface area (Å²) in [7, 11) is 0. The van der Waals surface area contributed by atoms with Crippen LogP contribution < -0.4 is 10.6 Å². The minimum atomic E-state index is -1.07. The fraction of sp³-hybridized carbons (Fsp3) is 0.308. The number of aliphatic carboxylic acids is 1. The van der Waals surface area contributed by atoms with Gasteiger partial charge in [-0.05, 0) is 18.2 Å². The summed E-state index contributed by atoms with van der Waals surface area (Å²) >= 11 is 6.98. The Kier molecular flexibility index (Phi) is 5.08. The molecule has 0 spiro atoms. The number of halogens is 1. The van der Waals surface area contributed by atoms with Gasteiger partial charge in [-0.3, -0.25) is 9.59 Å². The first-order chi connectivity index (χ1) is 9.95. The van der Waals surface area contributed by atoms with E-state index in [-0.39, 0.29) is 18.1 Å². The maximum atomic E-state index is 11.9. The molecule has 0 aromatic heterocycles. The smallest absolute Gasteiger partial charge is 0.327 e. The van der Waals surface area contributed by atoms with Crippen molar-refractivity contribution >= 4 is 46.8 Å². The van der Waals surface area contributed by atoms with Crippen molar-refractivity contribution in [2.24, 2.45) is 0 Å². The first-order valence-corrected chi connectivity index (χ1v) is 7.58. The van der Waals surface area contributed by atoms with Crippen molar-refractivity contribution in [1.82, 2.24) is 5.32 Å². The molecule has 1 aromatic rings. The summed E-state index contributed by atoms with van der Waals surface area (Å²) in [6, 6.07) is 5.80. The van der Waals surface area contributed by atoms with Gasteiger partial charge in [-0.2, -0.15) is 0 Å². The van der Waals surface area contributed by atoms with Crippen molar-refractivity contribution in [1.29, 1.82) is 0 Å². The molecule has 3 N–H and O–H groups in total. The van der Waals surface area contributed by atoms with Crippen molar-refractivity contribution in [3.05, 3.63) is 29.3 Å². The van der Waals surface area contributed by atoms with Gasteiger partial charge in [0.05, 0.1) is 5.25 Å². The first kappa shape index (κ1) is 15.7. The highest BCUT2D eigenvalue weighted by Crippen LogP contribution is 2.22. The molecule has 1 heterocycles. The number of carboxylic acids is 1. The zero-order chi connectivity index (χ0) is 15.4. The molecule has 2 atom stereocenters. The second kappa shape index (κ2) is 6.82. The van der Waals surface area contributed by atoms with Gasteiger partial charge in [0.1, 0.15) is 6.04 Å². The topological polar surface area (TPSA) is 95.5 Å². The van der Waals surface area contributed by atoms with Gasteiger partial charge in [0.2, 0.25) is 11.8 Å². The summed E-state index contributed by atoms with van der Waals surface area (Å²) in [5, 5.41) is 13.8. The van der Waals surface area contributed by atoms with Crippen LogP contribution in [-0.4, -0.2) is 39.9 Å². The van der Waals surface area contributed by atoms with Gasteiger partial charge in [-0.15, -0.1) is 11.8 Å². The fourth-order valence-corrected chi connectivity index (χ4v) is 3.16. The number of nitrogens with one attached hydrogen (secondary N) is 2. The second-order valence-electron chi connectivity index (χ2n) is 4.48. The molecule has 8 heteroatoms. The van der Waals surface area contributed by atoms with Crippen LogP contribution in [0.4, 0.5) is 5.69 Å². The van der Waals surface area contributed by atoms with Crippen LogP contribution in [0.1, 0.15) is 6.42 Å². The molecule has 0 aliphatic carbocycles. The van der Waals surface area contributed by atoms with E-state index in [0.29, 0.717) is 10.7 Å². The lowest BCUT2D eigenvalue weighted by Crippen LogP contribution is -2.51. The number of benzene rings is 1. The molecule has 112 valence electrons. The van der Waals surface area contributed by atoms with Crippen LogP contribution in [0.25, 0.3) is 0 Å². The summed E-state index contributed by atoms with van der Waals surface area (Å²) in [5.41, 5.74) is 0.553. The number of hydrogen-bond acceptors (Lipinski definition) is 4. The van der Waals surface area contributed by atoms with Gasteiger partial charge < -0.3 is 15.7 Å². The largest absolute Gasteiger partial charge is 0.480 e. The Morgan fingerprint density at radius 2 is 2.24 bits per heavy atom. The van der Waals surface area contributed by atoms with Crippen LogP contribution in [0.5, 0.6) is 0 Å². The Bertz CT molecular complexity index is 581. The number of amides is 2. The minimum Gasteiger partial charge on any atom is -0.480 e. The third kappa shape index (κ3) is 4.37. The number of carboxylic acid groups (broad SMARTS) is 1. The number of hydrogen-bond donors (Lipinski definition) is 3. The standard InChI is InChI=1S/C13H13ClN2O4S/c14-7-2-1-3-8(4-7)15-11(17)5-10-12(18)16-9(6-21-10)13(19)20/h1-4,9-10H,5-6H2,(H,15,17)(H,16,18)(H,19,20). The van der Waals surface area contributed by atoms with Gasteiger partial charge in [-0.1, -0.05) is 17.7 Å². The van der Waals surface area contributed by atoms with Crippen LogP contribution in [0.2, 0.25) is 5.02 Å². The lowest BCUT2D eigenvalue weighted by Gasteiger charge is -2.25. The Balaban J connectivity index is 1.89. The second-order valence-corrected chi connectivity index (χ2v) is 6.16. The van der Waals surface area contributed by atoms with Crippen LogP contribution >= 0.6 is 23.4 Å². The van der Waals surface area contributed by atoms with Crippen LogP contribution in [0.15, 0.2) is 24.3 Å². The van der Waals surface area contributed by atoms with Gasteiger partial charge in [0.25, 0.3) is 0 Å². The Morgan fingerprint density at radius 3 is 2.86 bits per heavy atom. The van der Waals surface area contributed by atoms with Gasteiger partial charge in [-0.25, -0.2) is 4.79 Å². The Morgan fingerprint density at radius 1 is 1.48 bits per heavy atom. The van der Waals surface area contributed by atoms with E-state index >= 15 is 0 Å². The fourth-order valence-electron chi connectivity index (χ4n) is 1.83. The van der Waals surface area contributed by atoms with E-state index in [1.165, 1.54) is 11.8 Å². The molecule has 2 unspecified atom stereocenters. The van der Waals surface area contributed by atoms with Crippen molar-refractivity contribution in [2.45, 2.75) is 17.7 Å². The number of rotatable bonds is 4. The van der Waals surface area contributed by atoms with Crippen LogP contribution in [0.3, 0.4) is 0 Å². The maximum absolute atomic E-state index is 11.9. The third-order valence-corrected chi connectivity index (χ3v) is 4.39. The zero-order valence-electron chi connectivity index (χ0n) is 10.8. The molecule has 0 radical (unpaired) electrons. The average Bonchev–Trinajstić information content (AvgIpc) is 2.40. The summed E-state index contributed by atoms with van der Waals surface area (Å²) in [4.78, 5) is 34.4. The van der Waals surface area contributed by atoms with Crippen molar-refractivity contribution < 1.29 is 19.5 Å². The monoisotopic (exact) mass is 328 g/mol. The Hall–Kier alpha value is -1.73. The van der Waals surface area contributed by atoms with Crippen molar-refractivity contribution in [3.8, 4) is 0 Å². The van der Waals surface area contributed by atoms with Crippen molar-refractivity contribution in [3.63, 3.8) is 0 Å². The SMILES string of the molecule is O=C(CC1SCC(C(=O)O)NC1=O)Nc1cccc(Cl)c1. The summed E-state index contributed by atoms with van der Waals surface area (Å²) < 4.78 is 0. The van der Waals surface area contributed by atoms with E-state index < -0.39 is 23.2 Å². The highest BCUT2D eigenvalue weighted by Gasteiger charge is 2.33. The quantitative estimate of drug-likeness (QED) is 0.775. The van der Waals surface area contributed by atoms with E-state index in [4.69, 9.17) is 16.7 Å². The molecule has 1 aromatic carbocycles. The summed E-state index contributed by atoms with van der Waals surface area (Å²) in [5.74, 6) is -1.58. The molecular formula is C13H13ClN2O4S. The lowest BCUT2D eigenvalue weighted by molar-refractivity contribution is -0.141. The van der Waals surface area contributed by atoms with E-state index in [9.17, 15) is 14.4 Å². The molecule has 0 saturated carbocycles. The minimum absolute atomic E-state index is 0.0185. The number of thioether (sulfide) groups is 1. The number of carbonyl (C=O) groups is 3. The number of carbonyl (C=O) groups excluding carboxylic acids is 2. The lowest BCUT2D eigenvalue weighted by atomic mass is 10.2. The third-order valence-electron chi connectivity index (χ3n) is 2.85. The van der Waals surface area contributed by atoms with Crippen LogP contribution in [-0.2, 0) is 14.4 Å². The molecule has 1 fully saturated rings.